The molecule has 0 saturated carbocycles. The number of aromatic nitrogens is 1. The van der Waals surface area contributed by atoms with Crippen LogP contribution in [0.25, 0.3) is 0 Å². The fourth-order valence-corrected chi connectivity index (χ4v) is 2.23. The van der Waals surface area contributed by atoms with Gasteiger partial charge in [-0.1, -0.05) is 18.2 Å². The summed E-state index contributed by atoms with van der Waals surface area (Å²) in [6.07, 6.45) is 0.774. The number of carbonyl (C=O) groups is 1. The number of nitrogens with zero attached hydrogens (tertiary/aromatic N) is 1. The zero-order chi connectivity index (χ0) is 14.4. The lowest BCUT2D eigenvalue weighted by molar-refractivity contribution is 0.0847. The SMILES string of the molecule is Cc1ncc(C(=O)NC[C@@H](O)COc2ccccc2)s1. The molecule has 0 saturated heterocycles. The zero-order valence-corrected chi connectivity index (χ0v) is 11.9. The fourth-order valence-electron chi connectivity index (χ4n) is 1.53. The molecule has 0 spiro atoms. The van der Waals surface area contributed by atoms with Gasteiger partial charge in [0, 0.05) is 6.54 Å². The number of amides is 1. The van der Waals surface area contributed by atoms with Gasteiger partial charge in [0.25, 0.3) is 5.91 Å². The van der Waals surface area contributed by atoms with Crippen molar-refractivity contribution < 1.29 is 14.6 Å². The van der Waals surface area contributed by atoms with Gasteiger partial charge < -0.3 is 15.2 Å². The molecule has 2 rings (SSSR count). The van der Waals surface area contributed by atoms with Gasteiger partial charge in [-0.05, 0) is 19.1 Å². The third-order valence-corrected chi connectivity index (χ3v) is 3.44. The topological polar surface area (TPSA) is 71.5 Å². The van der Waals surface area contributed by atoms with Crippen LogP contribution in [0.5, 0.6) is 5.75 Å². The van der Waals surface area contributed by atoms with Crippen molar-refractivity contribution in [2.75, 3.05) is 13.2 Å². The van der Waals surface area contributed by atoms with Crippen LogP contribution in [0.1, 0.15) is 14.7 Å². The van der Waals surface area contributed by atoms with E-state index in [2.05, 4.69) is 10.3 Å². The molecule has 106 valence electrons. The highest BCUT2D eigenvalue weighted by Crippen LogP contribution is 2.11. The van der Waals surface area contributed by atoms with Crippen LogP contribution in [-0.2, 0) is 0 Å². The lowest BCUT2D eigenvalue weighted by atomic mass is 10.3. The summed E-state index contributed by atoms with van der Waals surface area (Å²) < 4.78 is 5.40. The van der Waals surface area contributed by atoms with E-state index in [1.807, 2.05) is 37.3 Å². The minimum atomic E-state index is -0.756. The van der Waals surface area contributed by atoms with Gasteiger partial charge in [0.2, 0.25) is 0 Å². The molecular formula is C14H16N2O3S. The number of benzene rings is 1. The molecule has 0 fully saturated rings. The molecule has 0 aliphatic rings. The monoisotopic (exact) mass is 292 g/mol. The second-order valence-electron chi connectivity index (χ2n) is 4.23. The standard InChI is InChI=1S/C14H16N2O3S/c1-10-15-8-13(20-10)14(18)16-7-11(17)9-19-12-5-3-2-4-6-12/h2-6,8,11,17H,7,9H2,1H3,(H,16,18)/t11-/m1/s1. The Hall–Kier alpha value is -1.92. The maximum Gasteiger partial charge on any atom is 0.263 e. The van der Waals surface area contributed by atoms with Crippen LogP contribution < -0.4 is 10.1 Å². The van der Waals surface area contributed by atoms with Gasteiger partial charge in [-0.15, -0.1) is 11.3 Å². The summed E-state index contributed by atoms with van der Waals surface area (Å²) in [7, 11) is 0. The van der Waals surface area contributed by atoms with Crippen molar-refractivity contribution in [1.82, 2.24) is 10.3 Å². The maximum absolute atomic E-state index is 11.7. The zero-order valence-electron chi connectivity index (χ0n) is 11.1. The maximum atomic E-state index is 11.7. The summed E-state index contributed by atoms with van der Waals surface area (Å²) in [5, 5.41) is 13.2. The first kappa shape index (κ1) is 14.5. The van der Waals surface area contributed by atoms with E-state index in [9.17, 15) is 9.90 Å². The molecule has 1 aromatic heterocycles. The Labute approximate surface area is 121 Å². The van der Waals surface area contributed by atoms with Gasteiger partial charge in [-0.25, -0.2) is 4.98 Å². The van der Waals surface area contributed by atoms with Crippen LogP contribution in [0, 0.1) is 6.92 Å². The third kappa shape index (κ3) is 4.32. The van der Waals surface area contributed by atoms with E-state index in [0.29, 0.717) is 10.6 Å². The number of ether oxygens (including phenoxy) is 1. The Balaban J connectivity index is 1.72. The van der Waals surface area contributed by atoms with Gasteiger partial charge in [-0.3, -0.25) is 4.79 Å². The molecule has 0 radical (unpaired) electrons. The number of aliphatic hydroxyl groups is 1. The Morgan fingerprint density at radius 1 is 1.45 bits per heavy atom. The Bertz CT molecular complexity index is 557. The van der Waals surface area contributed by atoms with Crippen LogP contribution in [0.15, 0.2) is 36.5 Å². The molecule has 0 bridgehead atoms. The second kappa shape index (κ2) is 7.02. The first-order chi connectivity index (χ1) is 9.65. The molecule has 1 aromatic carbocycles. The summed E-state index contributed by atoms with van der Waals surface area (Å²) in [5.74, 6) is 0.463. The van der Waals surface area contributed by atoms with Gasteiger partial charge in [-0.2, -0.15) is 0 Å². The van der Waals surface area contributed by atoms with E-state index >= 15 is 0 Å². The lowest BCUT2D eigenvalue weighted by Gasteiger charge is -2.12. The molecule has 20 heavy (non-hydrogen) atoms. The van der Waals surface area contributed by atoms with Crippen LogP contribution in [0.4, 0.5) is 0 Å². The molecule has 6 heteroatoms. The highest BCUT2D eigenvalue weighted by Gasteiger charge is 2.11. The van der Waals surface area contributed by atoms with Crippen LogP contribution in [-0.4, -0.2) is 35.3 Å². The summed E-state index contributed by atoms with van der Waals surface area (Å²) in [5.41, 5.74) is 0. The van der Waals surface area contributed by atoms with E-state index in [0.717, 1.165) is 5.01 Å². The molecule has 2 N–H and O–H groups in total. The van der Waals surface area contributed by atoms with Crippen molar-refractivity contribution in [2.45, 2.75) is 13.0 Å². The number of rotatable bonds is 6. The average molecular weight is 292 g/mol. The molecule has 2 aromatic rings. The molecule has 1 amide bonds. The number of hydrogen-bond acceptors (Lipinski definition) is 5. The lowest BCUT2D eigenvalue weighted by Crippen LogP contribution is -2.35. The van der Waals surface area contributed by atoms with E-state index in [4.69, 9.17) is 4.74 Å². The smallest absolute Gasteiger partial charge is 0.263 e. The Morgan fingerprint density at radius 3 is 2.85 bits per heavy atom. The van der Waals surface area contributed by atoms with E-state index in [1.54, 1.807) is 0 Å². The number of thiazole rings is 1. The Kier molecular flexibility index (Phi) is 5.09. The molecule has 0 unspecified atom stereocenters. The molecule has 1 atom stereocenters. The fraction of sp³-hybridized carbons (Fsp3) is 0.286. The minimum Gasteiger partial charge on any atom is -0.491 e. The van der Waals surface area contributed by atoms with Crippen LogP contribution in [0.2, 0.25) is 0 Å². The van der Waals surface area contributed by atoms with Gasteiger partial charge >= 0.3 is 0 Å². The number of para-hydroxylation sites is 1. The van der Waals surface area contributed by atoms with E-state index in [-0.39, 0.29) is 19.1 Å². The van der Waals surface area contributed by atoms with Crippen molar-refractivity contribution in [3.05, 3.63) is 46.4 Å². The predicted octanol–water partition coefficient (Wildman–Crippen LogP) is 1.62. The average Bonchev–Trinajstić information content (AvgIpc) is 2.90. The summed E-state index contributed by atoms with van der Waals surface area (Å²) in [6.45, 7) is 2.11. The number of carbonyl (C=O) groups excluding carboxylic acids is 1. The Morgan fingerprint density at radius 2 is 2.20 bits per heavy atom. The first-order valence-electron chi connectivity index (χ1n) is 6.21. The van der Waals surface area contributed by atoms with Gasteiger partial charge in [0.1, 0.15) is 23.3 Å². The summed E-state index contributed by atoms with van der Waals surface area (Å²) in [6, 6.07) is 9.22. The third-order valence-electron chi connectivity index (χ3n) is 2.53. The van der Waals surface area contributed by atoms with Crippen molar-refractivity contribution in [3.63, 3.8) is 0 Å². The van der Waals surface area contributed by atoms with Gasteiger partial charge in [0.05, 0.1) is 11.2 Å². The van der Waals surface area contributed by atoms with Gasteiger partial charge in [0.15, 0.2) is 0 Å². The molecule has 1 heterocycles. The van der Waals surface area contributed by atoms with Crippen LogP contribution in [0.3, 0.4) is 0 Å². The van der Waals surface area contributed by atoms with E-state index in [1.165, 1.54) is 17.5 Å². The normalized spacial score (nSPS) is 11.9. The number of hydrogen-bond donors (Lipinski definition) is 2. The van der Waals surface area contributed by atoms with Crippen molar-refractivity contribution in [3.8, 4) is 5.75 Å². The quantitative estimate of drug-likeness (QED) is 0.848. The molecule has 5 nitrogen and oxygen atoms in total. The van der Waals surface area contributed by atoms with Crippen molar-refractivity contribution >= 4 is 17.2 Å². The summed E-state index contributed by atoms with van der Waals surface area (Å²) in [4.78, 5) is 16.3. The summed E-state index contributed by atoms with van der Waals surface area (Å²) >= 11 is 1.32. The second-order valence-corrected chi connectivity index (χ2v) is 5.47. The first-order valence-corrected chi connectivity index (χ1v) is 7.03. The highest BCUT2D eigenvalue weighted by molar-refractivity contribution is 7.13. The van der Waals surface area contributed by atoms with Crippen molar-refractivity contribution in [1.29, 1.82) is 0 Å². The largest absolute Gasteiger partial charge is 0.491 e. The van der Waals surface area contributed by atoms with Crippen molar-refractivity contribution in [2.24, 2.45) is 0 Å². The number of aliphatic hydroxyl groups excluding tert-OH is 1. The molecular weight excluding hydrogens is 276 g/mol. The number of nitrogens with one attached hydrogen (secondary N) is 1. The minimum absolute atomic E-state index is 0.131. The predicted molar refractivity (Wildman–Crippen MR) is 77.1 cm³/mol. The van der Waals surface area contributed by atoms with E-state index < -0.39 is 6.10 Å². The number of aryl methyl sites for hydroxylation is 1. The molecule has 0 aliphatic carbocycles. The van der Waals surface area contributed by atoms with Crippen LogP contribution >= 0.6 is 11.3 Å². The molecule has 0 aliphatic heterocycles. The highest BCUT2D eigenvalue weighted by atomic mass is 32.1.